The lowest BCUT2D eigenvalue weighted by Crippen LogP contribution is -2.17. The van der Waals surface area contributed by atoms with Gasteiger partial charge in [0, 0.05) is 0 Å². The van der Waals surface area contributed by atoms with Crippen molar-refractivity contribution in [1.82, 2.24) is 0 Å². The molecule has 2 aliphatic carbocycles. The van der Waals surface area contributed by atoms with Gasteiger partial charge in [0.05, 0.1) is 0 Å². The van der Waals surface area contributed by atoms with E-state index in [2.05, 4.69) is 37.3 Å². The summed E-state index contributed by atoms with van der Waals surface area (Å²) in [5.74, 6) is 2.44. The van der Waals surface area contributed by atoms with Crippen LogP contribution in [0.15, 0.2) is 48.3 Å². The average molecular weight is 408 g/mol. The second kappa shape index (κ2) is 12.1. The summed E-state index contributed by atoms with van der Waals surface area (Å²) in [4.78, 5) is 0. The Labute approximate surface area is 183 Å². The monoisotopic (exact) mass is 407 g/mol. The van der Waals surface area contributed by atoms with E-state index in [1.807, 2.05) is 0 Å². The molecule has 0 N–H and O–H groups in total. The maximum Gasteiger partial charge on any atom is 0.199 e. The lowest BCUT2D eigenvalue weighted by molar-refractivity contribution is 0.246. The zero-order valence-corrected chi connectivity index (χ0v) is 18.7. The zero-order chi connectivity index (χ0) is 21.2. The molecule has 0 unspecified atom stereocenters. The Morgan fingerprint density at radius 2 is 1.57 bits per heavy atom. The predicted octanol–water partition coefficient (Wildman–Crippen LogP) is 8.43. The summed E-state index contributed by atoms with van der Waals surface area (Å²) in [7, 11) is 0. The van der Waals surface area contributed by atoms with Gasteiger partial charge in [-0.25, -0.2) is 0 Å². The molecule has 1 nitrogen and oxygen atoms in total. The topological polar surface area (TPSA) is 23.8 Å². The molecule has 0 aromatic heterocycles. The molecule has 2 heteroatoms. The number of nitrogens with zero attached hydrogens (tertiary/aromatic N) is 1. The van der Waals surface area contributed by atoms with Gasteiger partial charge in [-0.2, -0.15) is 9.65 Å². The molecule has 1 aromatic carbocycles. The Kier molecular flexibility index (Phi) is 9.19. The number of rotatable bonds is 8. The molecule has 2 fully saturated rings. The Morgan fingerprint density at radius 3 is 2.13 bits per heavy atom. The van der Waals surface area contributed by atoms with E-state index in [1.54, 1.807) is 11.6 Å². The van der Waals surface area contributed by atoms with Crippen LogP contribution in [0, 0.1) is 29.1 Å². The van der Waals surface area contributed by atoms with Crippen molar-refractivity contribution in [3.05, 3.63) is 59.4 Å². The minimum absolute atomic E-state index is 0.558. The molecule has 2 saturated carbocycles. The summed E-state index contributed by atoms with van der Waals surface area (Å²) in [5, 5.41) is 8.45. The van der Waals surface area contributed by atoms with Gasteiger partial charge in [-0.05, 0) is 98.7 Å². The molecule has 2 aliphatic rings. The van der Waals surface area contributed by atoms with Crippen LogP contribution in [0.2, 0.25) is 0 Å². The van der Waals surface area contributed by atoms with Crippen LogP contribution in [0.1, 0.15) is 94.6 Å². The van der Waals surface area contributed by atoms with Crippen molar-refractivity contribution in [3.8, 4) is 6.07 Å². The minimum Gasteiger partial charge on any atom is -0.195 e. The molecular weight excluding hydrogens is 369 g/mol. The molecule has 162 valence electrons. The predicted molar refractivity (Wildman–Crippen MR) is 124 cm³/mol. The number of hydrogen-bond donors (Lipinski definition) is 0. The fourth-order valence-corrected chi connectivity index (χ4v) is 5.50. The molecule has 0 saturated heterocycles. The number of halogens is 1. The van der Waals surface area contributed by atoms with Gasteiger partial charge in [-0.1, -0.05) is 62.6 Å². The molecule has 0 aliphatic heterocycles. The Morgan fingerprint density at radius 1 is 0.967 bits per heavy atom. The first-order chi connectivity index (χ1) is 14.7. The smallest absolute Gasteiger partial charge is 0.195 e. The molecule has 0 bridgehead atoms. The summed E-state index contributed by atoms with van der Waals surface area (Å²) in [6.07, 6.45) is 20.9. The van der Waals surface area contributed by atoms with Crippen LogP contribution < -0.4 is 0 Å². The fourth-order valence-electron chi connectivity index (χ4n) is 5.50. The number of benzene rings is 1. The number of nitriles is 1. The van der Waals surface area contributed by atoms with Crippen molar-refractivity contribution in [2.75, 3.05) is 0 Å². The standard InChI is InChI=1S/C28H38FN/c1-2-4-22-13-17-26(18-14-22)27-19-15-25(16-20-27)12-11-24-9-7-23(8-10-24)5-3-6-28(29)21-30/h3,5-6,13-14,17-18,23-25,27H,2,4,7-12,15-16,19-20H2,1H3/t23-,24-,25-,27-. The second-order valence-corrected chi connectivity index (χ2v) is 9.58. The summed E-state index contributed by atoms with van der Waals surface area (Å²) >= 11 is 0. The first-order valence-electron chi connectivity index (χ1n) is 12.2. The molecule has 0 atom stereocenters. The summed E-state index contributed by atoms with van der Waals surface area (Å²) in [6.45, 7) is 2.25. The molecule has 0 heterocycles. The normalized spacial score (nSPS) is 27.8. The van der Waals surface area contributed by atoms with Gasteiger partial charge in [0.25, 0.3) is 0 Å². The van der Waals surface area contributed by atoms with Gasteiger partial charge in [0.2, 0.25) is 0 Å². The lowest BCUT2D eigenvalue weighted by Gasteiger charge is -2.31. The van der Waals surface area contributed by atoms with E-state index < -0.39 is 5.83 Å². The average Bonchev–Trinajstić information content (AvgIpc) is 2.79. The van der Waals surface area contributed by atoms with E-state index in [0.717, 1.165) is 17.8 Å². The minimum atomic E-state index is -0.705. The van der Waals surface area contributed by atoms with Crippen LogP contribution >= 0.6 is 0 Å². The first kappa shape index (κ1) is 22.8. The SMILES string of the molecule is CCCc1ccc([C@H]2CC[C@H](CC[C@H]3CC[C@H](C=CC=C(F)C#N)CC3)CC2)cc1. The van der Waals surface area contributed by atoms with Gasteiger partial charge in [-0.3, -0.25) is 0 Å². The number of allylic oxidation sites excluding steroid dienone is 4. The third kappa shape index (κ3) is 7.12. The van der Waals surface area contributed by atoms with E-state index in [9.17, 15) is 4.39 Å². The van der Waals surface area contributed by atoms with E-state index in [0.29, 0.717) is 5.92 Å². The van der Waals surface area contributed by atoms with Crippen LogP contribution in [0.4, 0.5) is 4.39 Å². The van der Waals surface area contributed by atoms with Crippen molar-refractivity contribution in [3.63, 3.8) is 0 Å². The Hall–Kier alpha value is -1.88. The Bertz CT molecular complexity index is 723. The summed E-state index contributed by atoms with van der Waals surface area (Å²) in [6, 6.07) is 11.0. The third-order valence-electron chi connectivity index (χ3n) is 7.44. The van der Waals surface area contributed by atoms with Crippen LogP contribution in [0.5, 0.6) is 0 Å². The van der Waals surface area contributed by atoms with Gasteiger partial charge in [-0.15, -0.1) is 0 Å². The van der Waals surface area contributed by atoms with Crippen LogP contribution in [-0.2, 0) is 6.42 Å². The van der Waals surface area contributed by atoms with Crippen LogP contribution in [-0.4, -0.2) is 0 Å². The Balaban J connectivity index is 1.33. The number of aryl methyl sites for hydroxylation is 1. The number of hydrogen-bond acceptors (Lipinski definition) is 1. The van der Waals surface area contributed by atoms with Crippen molar-refractivity contribution in [2.24, 2.45) is 17.8 Å². The van der Waals surface area contributed by atoms with E-state index in [4.69, 9.17) is 5.26 Å². The molecule has 30 heavy (non-hydrogen) atoms. The van der Waals surface area contributed by atoms with Crippen molar-refractivity contribution in [2.45, 2.75) is 89.9 Å². The van der Waals surface area contributed by atoms with Crippen LogP contribution in [0.25, 0.3) is 0 Å². The van der Waals surface area contributed by atoms with Crippen LogP contribution in [0.3, 0.4) is 0 Å². The van der Waals surface area contributed by atoms with E-state index in [1.165, 1.54) is 94.8 Å². The lowest BCUT2D eigenvalue weighted by atomic mass is 9.74. The molecule has 0 amide bonds. The highest BCUT2D eigenvalue weighted by molar-refractivity contribution is 5.26. The van der Waals surface area contributed by atoms with E-state index >= 15 is 0 Å². The molecular formula is C28H38FN. The maximum atomic E-state index is 12.8. The van der Waals surface area contributed by atoms with Gasteiger partial charge < -0.3 is 0 Å². The highest BCUT2D eigenvalue weighted by Gasteiger charge is 2.24. The van der Waals surface area contributed by atoms with Gasteiger partial charge in [0.15, 0.2) is 5.83 Å². The van der Waals surface area contributed by atoms with Crippen molar-refractivity contribution in [1.29, 1.82) is 5.26 Å². The second-order valence-electron chi connectivity index (χ2n) is 9.58. The highest BCUT2D eigenvalue weighted by Crippen LogP contribution is 2.40. The quantitative estimate of drug-likeness (QED) is 0.313. The van der Waals surface area contributed by atoms with Gasteiger partial charge in [0.1, 0.15) is 6.07 Å². The van der Waals surface area contributed by atoms with Crippen molar-refractivity contribution < 1.29 is 4.39 Å². The largest absolute Gasteiger partial charge is 0.199 e. The zero-order valence-electron chi connectivity index (χ0n) is 18.7. The first-order valence-corrected chi connectivity index (χ1v) is 12.2. The molecule has 0 radical (unpaired) electrons. The molecule has 3 rings (SSSR count). The fraction of sp³-hybridized carbons (Fsp3) is 0.607. The van der Waals surface area contributed by atoms with Gasteiger partial charge >= 0.3 is 0 Å². The molecule has 0 spiro atoms. The van der Waals surface area contributed by atoms with E-state index in [-0.39, 0.29) is 0 Å². The van der Waals surface area contributed by atoms with Crippen molar-refractivity contribution >= 4 is 0 Å². The highest BCUT2D eigenvalue weighted by atomic mass is 19.1. The molecule has 1 aromatic rings. The maximum absolute atomic E-state index is 12.8. The summed E-state index contributed by atoms with van der Waals surface area (Å²) in [5.41, 5.74) is 3.04. The third-order valence-corrected chi connectivity index (χ3v) is 7.44. The summed E-state index contributed by atoms with van der Waals surface area (Å²) < 4.78 is 12.8.